The van der Waals surface area contributed by atoms with E-state index in [1.54, 1.807) is 0 Å². The molecule has 0 unspecified atom stereocenters. The second-order valence-corrected chi connectivity index (χ2v) is 3.31. The molecule has 1 aromatic carbocycles. The van der Waals surface area contributed by atoms with Gasteiger partial charge in [-0.25, -0.2) is 0 Å². The fourth-order valence-corrected chi connectivity index (χ4v) is 1.24. The Bertz CT molecular complexity index is 355. The minimum atomic E-state index is -4.35. The lowest BCUT2D eigenvalue weighted by atomic mass is 10.3. The Morgan fingerprint density at radius 1 is 1.18 bits per heavy atom. The Balaban J connectivity index is 3.37. The molecule has 0 aliphatic heterocycles. The summed E-state index contributed by atoms with van der Waals surface area (Å²) >= 11 is 0. The molecule has 0 amide bonds. The molecule has 1 N–H and O–H groups in total. The van der Waals surface area contributed by atoms with E-state index >= 15 is 0 Å². The van der Waals surface area contributed by atoms with Crippen molar-refractivity contribution in [3.8, 4) is 5.75 Å². The fraction of sp³-hybridized carbons (Fsp3) is 0. The lowest BCUT2D eigenvalue weighted by Crippen LogP contribution is -1.97. The zero-order valence-corrected chi connectivity index (χ0v) is 6.21. The van der Waals surface area contributed by atoms with Crippen molar-refractivity contribution >= 4 is 10.1 Å². The van der Waals surface area contributed by atoms with E-state index in [0.717, 1.165) is 12.1 Å². The smallest absolute Gasteiger partial charge is 0.288 e. The monoisotopic (exact) mass is 173 g/mol. The summed E-state index contributed by atoms with van der Waals surface area (Å²) in [5, 5.41) is 10.7. The molecule has 0 spiro atoms. The van der Waals surface area contributed by atoms with Gasteiger partial charge >= 0.3 is 0 Å². The highest BCUT2D eigenvalue weighted by Crippen LogP contribution is 2.21. The molecule has 59 valence electrons. The van der Waals surface area contributed by atoms with E-state index in [0.29, 0.717) is 0 Å². The Labute approximate surface area is 63.9 Å². The summed E-state index contributed by atoms with van der Waals surface area (Å²) in [5.41, 5.74) is 0. The van der Waals surface area contributed by atoms with E-state index in [9.17, 15) is 13.5 Å². The lowest BCUT2D eigenvalue weighted by Gasteiger charge is -1.95. The molecule has 1 radical (unpaired) electrons. The highest BCUT2D eigenvalue weighted by atomic mass is 32.2. The van der Waals surface area contributed by atoms with Crippen LogP contribution in [0, 0.1) is 0 Å². The first kappa shape index (κ1) is 8.03. The molecule has 0 saturated carbocycles. The number of hydrogen-bond acceptors (Lipinski definition) is 2. The average molecular weight is 173 g/mol. The van der Waals surface area contributed by atoms with Gasteiger partial charge in [0, 0.05) is 0 Å². The third kappa shape index (κ3) is 1.69. The molecule has 1 rings (SSSR count). The van der Waals surface area contributed by atoms with E-state index < -0.39 is 20.8 Å². The van der Waals surface area contributed by atoms with Gasteiger partial charge in [0.05, 0.1) is 0 Å². The van der Waals surface area contributed by atoms with Crippen LogP contribution in [0.1, 0.15) is 0 Å². The first-order valence-electron chi connectivity index (χ1n) is 2.75. The van der Waals surface area contributed by atoms with Gasteiger partial charge in [-0.1, -0.05) is 12.1 Å². The molecule has 0 aliphatic carbocycles. The van der Waals surface area contributed by atoms with Gasteiger partial charge in [0.25, 0.3) is 10.1 Å². The molecule has 0 bridgehead atoms. The third-order valence-corrected chi connectivity index (χ3v) is 2.02. The van der Waals surface area contributed by atoms with Crippen LogP contribution in [-0.2, 0) is 15.2 Å². The van der Waals surface area contributed by atoms with Crippen LogP contribution >= 0.6 is 0 Å². The normalized spacial score (nSPS) is 11.4. The molecule has 1 aromatic rings. The minimum Gasteiger partial charge on any atom is -0.288 e. The topological polar surface area (TPSA) is 74.3 Å². The lowest BCUT2D eigenvalue weighted by molar-refractivity contribution is 0.340. The summed E-state index contributed by atoms with van der Waals surface area (Å²) in [6.07, 6.45) is 0. The van der Waals surface area contributed by atoms with E-state index in [4.69, 9.17) is 4.55 Å². The summed E-state index contributed by atoms with van der Waals surface area (Å²) < 4.78 is 29.3. The highest BCUT2D eigenvalue weighted by Gasteiger charge is 2.14. The van der Waals surface area contributed by atoms with Crippen LogP contribution < -0.4 is 0 Å². The van der Waals surface area contributed by atoms with E-state index in [-0.39, 0.29) is 0 Å². The fourth-order valence-electron chi connectivity index (χ4n) is 0.663. The van der Waals surface area contributed by atoms with Gasteiger partial charge in [-0.05, 0) is 12.1 Å². The van der Waals surface area contributed by atoms with E-state index in [2.05, 4.69) is 0 Å². The molecular weight excluding hydrogens is 168 g/mol. The van der Waals surface area contributed by atoms with Crippen molar-refractivity contribution in [2.45, 2.75) is 4.90 Å². The molecule has 0 aliphatic rings. The molecule has 0 aromatic heterocycles. The second kappa shape index (κ2) is 2.52. The van der Waals surface area contributed by atoms with Crippen LogP contribution in [0.3, 0.4) is 0 Å². The van der Waals surface area contributed by atoms with Gasteiger partial charge in [-0.3, -0.25) is 9.66 Å². The summed E-state index contributed by atoms with van der Waals surface area (Å²) in [7, 11) is -4.35. The molecule has 0 atom stereocenters. The molecule has 11 heavy (non-hydrogen) atoms. The van der Waals surface area contributed by atoms with Crippen LogP contribution in [0.4, 0.5) is 0 Å². The Morgan fingerprint density at radius 3 is 2.09 bits per heavy atom. The first-order chi connectivity index (χ1) is 5.02. The van der Waals surface area contributed by atoms with Gasteiger partial charge < -0.3 is 0 Å². The maximum atomic E-state index is 10.7. The molecule has 0 fully saturated rings. The average Bonchev–Trinajstić information content (AvgIpc) is 1.86. The van der Waals surface area contributed by atoms with Crippen molar-refractivity contribution in [1.29, 1.82) is 0 Å². The summed E-state index contributed by atoms with van der Waals surface area (Å²) in [6, 6.07) is 4.89. The van der Waals surface area contributed by atoms with Crippen LogP contribution in [0.15, 0.2) is 29.2 Å². The quantitative estimate of drug-likeness (QED) is 0.645. The Kier molecular flexibility index (Phi) is 1.84. The maximum absolute atomic E-state index is 10.7. The van der Waals surface area contributed by atoms with Crippen LogP contribution in [0.5, 0.6) is 5.75 Å². The predicted molar refractivity (Wildman–Crippen MR) is 36.4 cm³/mol. The van der Waals surface area contributed by atoms with Crippen molar-refractivity contribution in [2.75, 3.05) is 0 Å². The van der Waals surface area contributed by atoms with Gasteiger partial charge in [0.1, 0.15) is 4.90 Å². The predicted octanol–water partition coefficient (Wildman–Crippen LogP) is 1.08. The van der Waals surface area contributed by atoms with Gasteiger partial charge in [0.2, 0.25) is 0 Å². The van der Waals surface area contributed by atoms with Crippen molar-refractivity contribution < 1.29 is 18.1 Å². The number of benzene rings is 1. The number of para-hydroxylation sites is 1. The Morgan fingerprint density at radius 2 is 1.73 bits per heavy atom. The van der Waals surface area contributed by atoms with Gasteiger partial charge in [-0.2, -0.15) is 8.42 Å². The van der Waals surface area contributed by atoms with E-state index in [1.807, 2.05) is 0 Å². The minimum absolute atomic E-state index is 0.583. The largest absolute Gasteiger partial charge is 0.298 e. The first-order valence-corrected chi connectivity index (χ1v) is 4.19. The Hall–Kier alpha value is -1.07. The summed E-state index contributed by atoms with van der Waals surface area (Å²) in [6.45, 7) is 0. The summed E-state index contributed by atoms with van der Waals surface area (Å²) in [4.78, 5) is -0.583. The van der Waals surface area contributed by atoms with Crippen molar-refractivity contribution in [1.82, 2.24) is 0 Å². The molecule has 5 heteroatoms. The summed E-state index contributed by atoms with van der Waals surface area (Å²) in [5.74, 6) is -0.699. The number of hydrogen-bond donors (Lipinski definition) is 1. The van der Waals surface area contributed by atoms with E-state index in [1.165, 1.54) is 12.1 Å². The zero-order chi connectivity index (χ0) is 8.48. The molecule has 4 nitrogen and oxygen atoms in total. The third-order valence-electron chi connectivity index (χ3n) is 1.13. The number of rotatable bonds is 1. The van der Waals surface area contributed by atoms with Crippen LogP contribution in [0.25, 0.3) is 0 Å². The standard InChI is InChI=1S/C6H5O4S/c7-5-3-1-2-4-6(5)11(8,9)10/h1-4H,(H,8,9,10). The van der Waals surface area contributed by atoms with Crippen LogP contribution in [0.2, 0.25) is 0 Å². The SMILES string of the molecule is [O]c1ccccc1S(=O)(=O)O. The molecular formula is C6H5O4S. The van der Waals surface area contributed by atoms with Crippen molar-refractivity contribution in [3.63, 3.8) is 0 Å². The highest BCUT2D eigenvalue weighted by molar-refractivity contribution is 7.86. The maximum Gasteiger partial charge on any atom is 0.298 e. The van der Waals surface area contributed by atoms with Gasteiger partial charge in [-0.15, -0.1) is 0 Å². The second-order valence-electron chi connectivity index (χ2n) is 1.92. The van der Waals surface area contributed by atoms with Crippen LogP contribution in [-0.4, -0.2) is 13.0 Å². The van der Waals surface area contributed by atoms with Crippen molar-refractivity contribution in [3.05, 3.63) is 24.3 Å². The van der Waals surface area contributed by atoms with Crippen molar-refractivity contribution in [2.24, 2.45) is 0 Å². The molecule has 0 heterocycles. The van der Waals surface area contributed by atoms with Gasteiger partial charge in [0.15, 0.2) is 5.75 Å². The molecule has 0 saturated heterocycles. The zero-order valence-electron chi connectivity index (χ0n) is 5.39.